The normalized spacial score (nSPS) is 21.6. The highest BCUT2D eigenvalue weighted by Gasteiger charge is 2.39. The van der Waals surface area contributed by atoms with Gasteiger partial charge in [-0.1, -0.05) is 48.0 Å². The van der Waals surface area contributed by atoms with Crippen LogP contribution < -0.4 is 10.6 Å². The summed E-state index contributed by atoms with van der Waals surface area (Å²) in [5.41, 5.74) is 3.96. The molecule has 1 aliphatic carbocycles. The van der Waals surface area contributed by atoms with Gasteiger partial charge in [0.25, 0.3) is 0 Å². The second-order valence-corrected chi connectivity index (χ2v) is 8.17. The first kappa shape index (κ1) is 23.3. The number of guanidine groups is 1. The summed E-state index contributed by atoms with van der Waals surface area (Å²) in [6.45, 7) is 5.37. The molecule has 0 aromatic heterocycles. The molecule has 2 atom stereocenters. The van der Waals surface area contributed by atoms with E-state index in [1.54, 1.807) is 0 Å². The fourth-order valence-electron chi connectivity index (χ4n) is 3.89. The van der Waals surface area contributed by atoms with Crippen molar-refractivity contribution in [3.63, 3.8) is 0 Å². The van der Waals surface area contributed by atoms with Crippen LogP contribution in [0.15, 0.2) is 53.5 Å². The molecule has 0 bridgehead atoms. The standard InChI is InChI=1S/C23H29ClN4O.HI/c1-25-23(27-22-14-21(22)17-7-4-8-20(24)13-17)26-15-18-5-2-3-6-19(18)16-28-9-11-29-12-10-28;/h2-8,13,21-22H,9-12,14-16H2,1H3,(H2,25,26,27);1H. The minimum absolute atomic E-state index is 0. The first-order valence-electron chi connectivity index (χ1n) is 10.3. The number of nitrogens with one attached hydrogen (secondary N) is 2. The molecule has 1 aliphatic heterocycles. The molecule has 1 saturated heterocycles. The average Bonchev–Trinajstić information content (AvgIpc) is 3.52. The molecule has 2 aliphatic rings. The number of aliphatic imine (C=N–C) groups is 1. The molecule has 0 spiro atoms. The third kappa shape index (κ3) is 6.33. The SMILES string of the molecule is CN=C(NCc1ccccc1CN1CCOCC1)NC1CC1c1cccc(Cl)c1.I. The smallest absolute Gasteiger partial charge is 0.191 e. The summed E-state index contributed by atoms with van der Waals surface area (Å²) >= 11 is 6.13. The maximum Gasteiger partial charge on any atom is 0.191 e. The second-order valence-electron chi connectivity index (χ2n) is 7.73. The number of rotatable bonds is 6. The van der Waals surface area contributed by atoms with E-state index in [1.165, 1.54) is 16.7 Å². The van der Waals surface area contributed by atoms with Crippen molar-refractivity contribution in [1.82, 2.24) is 15.5 Å². The van der Waals surface area contributed by atoms with E-state index in [0.717, 1.165) is 56.8 Å². The van der Waals surface area contributed by atoms with Crippen LogP contribution in [-0.4, -0.2) is 50.3 Å². The number of morpholine rings is 1. The van der Waals surface area contributed by atoms with Gasteiger partial charge in [-0.3, -0.25) is 9.89 Å². The quantitative estimate of drug-likeness (QED) is 0.330. The van der Waals surface area contributed by atoms with Gasteiger partial charge in [-0.05, 0) is 35.2 Å². The van der Waals surface area contributed by atoms with Crippen LogP contribution in [0.4, 0.5) is 0 Å². The molecule has 0 radical (unpaired) electrons. The zero-order valence-corrected chi connectivity index (χ0v) is 20.4. The Morgan fingerprint density at radius 2 is 1.90 bits per heavy atom. The maximum atomic E-state index is 6.13. The Morgan fingerprint density at radius 3 is 2.63 bits per heavy atom. The topological polar surface area (TPSA) is 48.9 Å². The van der Waals surface area contributed by atoms with Gasteiger partial charge < -0.3 is 15.4 Å². The van der Waals surface area contributed by atoms with Crippen LogP contribution in [0, 0.1) is 0 Å². The van der Waals surface area contributed by atoms with E-state index < -0.39 is 0 Å². The van der Waals surface area contributed by atoms with Crippen LogP contribution in [0.25, 0.3) is 0 Å². The third-order valence-corrected chi connectivity index (χ3v) is 5.91. The Morgan fingerprint density at radius 1 is 1.13 bits per heavy atom. The lowest BCUT2D eigenvalue weighted by molar-refractivity contribution is 0.0341. The van der Waals surface area contributed by atoms with Gasteiger partial charge in [0.1, 0.15) is 0 Å². The van der Waals surface area contributed by atoms with Gasteiger partial charge in [0, 0.05) is 50.2 Å². The van der Waals surface area contributed by atoms with Gasteiger partial charge in [0.2, 0.25) is 0 Å². The molecule has 2 fully saturated rings. The summed E-state index contributed by atoms with van der Waals surface area (Å²) in [6, 6.07) is 17.2. The summed E-state index contributed by atoms with van der Waals surface area (Å²) in [5.74, 6) is 1.35. The molecule has 0 amide bonds. The lowest BCUT2D eigenvalue weighted by atomic mass is 10.1. The zero-order valence-electron chi connectivity index (χ0n) is 17.3. The van der Waals surface area contributed by atoms with E-state index in [0.29, 0.717) is 12.0 Å². The maximum absolute atomic E-state index is 6.13. The molecular weight excluding hydrogens is 511 g/mol. The molecule has 2 unspecified atom stereocenters. The summed E-state index contributed by atoms with van der Waals surface area (Å²) in [6.07, 6.45) is 1.11. The van der Waals surface area contributed by atoms with Crippen molar-refractivity contribution in [2.45, 2.75) is 31.5 Å². The van der Waals surface area contributed by atoms with Crippen molar-refractivity contribution in [3.8, 4) is 0 Å². The van der Waals surface area contributed by atoms with Gasteiger partial charge in [-0.25, -0.2) is 0 Å². The minimum atomic E-state index is 0. The van der Waals surface area contributed by atoms with Crippen LogP contribution in [0.2, 0.25) is 5.02 Å². The first-order chi connectivity index (χ1) is 14.2. The van der Waals surface area contributed by atoms with Crippen LogP contribution in [0.1, 0.15) is 29.0 Å². The van der Waals surface area contributed by atoms with Crippen LogP contribution in [-0.2, 0) is 17.8 Å². The van der Waals surface area contributed by atoms with Crippen molar-refractivity contribution in [2.75, 3.05) is 33.4 Å². The molecule has 2 aromatic carbocycles. The van der Waals surface area contributed by atoms with E-state index in [9.17, 15) is 0 Å². The van der Waals surface area contributed by atoms with Crippen molar-refractivity contribution >= 4 is 41.5 Å². The van der Waals surface area contributed by atoms with Crippen LogP contribution >= 0.6 is 35.6 Å². The summed E-state index contributed by atoms with van der Waals surface area (Å²) < 4.78 is 5.47. The van der Waals surface area contributed by atoms with Crippen LogP contribution in [0.3, 0.4) is 0 Å². The van der Waals surface area contributed by atoms with Crippen molar-refractivity contribution in [2.24, 2.45) is 4.99 Å². The Bertz CT molecular complexity index is 857. The highest BCUT2D eigenvalue weighted by Crippen LogP contribution is 2.41. The third-order valence-electron chi connectivity index (χ3n) is 5.68. The fourth-order valence-corrected chi connectivity index (χ4v) is 4.09. The van der Waals surface area contributed by atoms with Crippen molar-refractivity contribution in [3.05, 3.63) is 70.2 Å². The minimum Gasteiger partial charge on any atom is -0.379 e. The van der Waals surface area contributed by atoms with Gasteiger partial charge in [-0.15, -0.1) is 24.0 Å². The van der Waals surface area contributed by atoms with Gasteiger partial charge in [-0.2, -0.15) is 0 Å². The number of benzene rings is 2. The molecule has 1 heterocycles. The van der Waals surface area contributed by atoms with E-state index in [1.807, 2.05) is 19.2 Å². The Labute approximate surface area is 201 Å². The summed E-state index contributed by atoms with van der Waals surface area (Å²) in [5, 5.41) is 7.83. The number of hydrogen-bond donors (Lipinski definition) is 2. The summed E-state index contributed by atoms with van der Waals surface area (Å²) in [4.78, 5) is 6.87. The predicted octanol–water partition coefficient (Wildman–Crippen LogP) is 4.01. The Hall–Kier alpha value is -1.35. The van der Waals surface area contributed by atoms with Crippen molar-refractivity contribution in [1.29, 1.82) is 0 Å². The summed E-state index contributed by atoms with van der Waals surface area (Å²) in [7, 11) is 1.83. The van der Waals surface area contributed by atoms with Gasteiger partial charge in [0.15, 0.2) is 5.96 Å². The zero-order chi connectivity index (χ0) is 20.1. The Balaban J connectivity index is 0.00000256. The lowest BCUT2D eigenvalue weighted by Crippen LogP contribution is -2.39. The monoisotopic (exact) mass is 540 g/mol. The number of halogens is 2. The van der Waals surface area contributed by atoms with Gasteiger partial charge in [0.05, 0.1) is 13.2 Å². The number of nitrogens with zero attached hydrogens (tertiary/aromatic N) is 2. The van der Waals surface area contributed by atoms with Crippen LogP contribution in [0.5, 0.6) is 0 Å². The molecule has 30 heavy (non-hydrogen) atoms. The highest BCUT2D eigenvalue weighted by molar-refractivity contribution is 14.0. The predicted molar refractivity (Wildman–Crippen MR) is 134 cm³/mol. The van der Waals surface area contributed by atoms with E-state index >= 15 is 0 Å². The second kappa shape index (κ2) is 11.3. The van der Waals surface area contributed by atoms with Gasteiger partial charge >= 0.3 is 0 Å². The van der Waals surface area contributed by atoms with E-state index in [-0.39, 0.29) is 24.0 Å². The highest BCUT2D eigenvalue weighted by atomic mass is 127. The molecular formula is C23H30ClIN4O. The largest absolute Gasteiger partial charge is 0.379 e. The first-order valence-corrected chi connectivity index (χ1v) is 10.7. The molecule has 2 aromatic rings. The van der Waals surface area contributed by atoms with E-state index in [2.05, 4.69) is 56.9 Å². The fraction of sp³-hybridized carbons (Fsp3) is 0.435. The molecule has 162 valence electrons. The molecule has 5 nitrogen and oxygen atoms in total. The molecule has 4 rings (SSSR count). The molecule has 2 N–H and O–H groups in total. The molecule has 7 heteroatoms. The average molecular weight is 541 g/mol. The Kier molecular flexibility index (Phi) is 8.80. The lowest BCUT2D eigenvalue weighted by Gasteiger charge is -2.27. The van der Waals surface area contributed by atoms with E-state index in [4.69, 9.17) is 16.3 Å². The number of ether oxygens (including phenoxy) is 1. The number of hydrogen-bond acceptors (Lipinski definition) is 3. The molecule has 1 saturated carbocycles. The van der Waals surface area contributed by atoms with Crippen molar-refractivity contribution < 1.29 is 4.74 Å².